The molecule has 0 saturated carbocycles. The lowest BCUT2D eigenvalue weighted by atomic mass is 10.1. The van der Waals surface area contributed by atoms with Gasteiger partial charge in [0.15, 0.2) is 11.3 Å². The summed E-state index contributed by atoms with van der Waals surface area (Å²) in [5, 5.41) is 9.42. The standard InChI is InChI=1S/C14H12O5/c1-3-4-8-5-9-7-10(13(15)16)14(17)19-12(9)11(6-8)18-2/h3,5-7H,1,4H2,2H3,(H,15,16). The fourth-order valence-corrected chi connectivity index (χ4v) is 1.85. The third-order valence-corrected chi connectivity index (χ3v) is 2.69. The molecule has 1 aromatic carbocycles. The van der Waals surface area contributed by atoms with Crippen molar-refractivity contribution in [3.05, 3.63) is 52.4 Å². The Labute approximate surface area is 108 Å². The molecule has 0 saturated heterocycles. The number of rotatable bonds is 4. The van der Waals surface area contributed by atoms with Gasteiger partial charge >= 0.3 is 11.6 Å². The van der Waals surface area contributed by atoms with Crippen LogP contribution in [-0.2, 0) is 6.42 Å². The Hall–Kier alpha value is -2.56. The molecule has 0 aliphatic rings. The van der Waals surface area contributed by atoms with Crippen molar-refractivity contribution in [3.8, 4) is 5.75 Å². The van der Waals surface area contributed by atoms with Gasteiger partial charge in [-0.3, -0.25) is 0 Å². The molecule has 0 amide bonds. The van der Waals surface area contributed by atoms with Crippen LogP contribution in [0.4, 0.5) is 0 Å². The summed E-state index contributed by atoms with van der Waals surface area (Å²) in [6.07, 6.45) is 2.33. The number of hydrogen-bond donors (Lipinski definition) is 1. The number of carbonyl (C=O) groups is 1. The highest BCUT2D eigenvalue weighted by Crippen LogP contribution is 2.27. The maximum absolute atomic E-state index is 11.5. The van der Waals surface area contributed by atoms with Crippen LogP contribution in [0.5, 0.6) is 5.75 Å². The minimum Gasteiger partial charge on any atom is -0.493 e. The predicted molar refractivity (Wildman–Crippen MR) is 69.9 cm³/mol. The van der Waals surface area contributed by atoms with Gasteiger partial charge in [0.1, 0.15) is 5.56 Å². The smallest absolute Gasteiger partial charge is 0.351 e. The number of carboxylic acid groups (broad SMARTS) is 1. The summed E-state index contributed by atoms with van der Waals surface area (Å²) in [5.41, 5.74) is -0.157. The maximum atomic E-state index is 11.5. The van der Waals surface area contributed by atoms with E-state index >= 15 is 0 Å². The van der Waals surface area contributed by atoms with Gasteiger partial charge in [-0.2, -0.15) is 0 Å². The monoisotopic (exact) mass is 260 g/mol. The topological polar surface area (TPSA) is 76.7 Å². The maximum Gasteiger partial charge on any atom is 0.351 e. The minimum atomic E-state index is -1.32. The van der Waals surface area contributed by atoms with Gasteiger partial charge in [0, 0.05) is 5.39 Å². The molecule has 1 N–H and O–H groups in total. The van der Waals surface area contributed by atoms with Crippen molar-refractivity contribution in [3.63, 3.8) is 0 Å². The summed E-state index contributed by atoms with van der Waals surface area (Å²) in [4.78, 5) is 22.5. The number of hydrogen-bond acceptors (Lipinski definition) is 4. The van der Waals surface area contributed by atoms with Crippen LogP contribution in [-0.4, -0.2) is 18.2 Å². The summed E-state index contributed by atoms with van der Waals surface area (Å²) < 4.78 is 10.2. The fraction of sp³-hybridized carbons (Fsp3) is 0.143. The lowest BCUT2D eigenvalue weighted by molar-refractivity contribution is 0.0692. The van der Waals surface area contributed by atoms with E-state index in [1.165, 1.54) is 13.2 Å². The molecule has 2 aromatic rings. The zero-order valence-electron chi connectivity index (χ0n) is 10.3. The SMILES string of the molecule is C=CCc1cc(OC)c2oc(=O)c(C(=O)O)cc2c1. The summed E-state index contributed by atoms with van der Waals surface area (Å²) in [7, 11) is 1.46. The Morgan fingerprint density at radius 3 is 2.79 bits per heavy atom. The summed E-state index contributed by atoms with van der Waals surface area (Å²) in [5.74, 6) is -0.924. The van der Waals surface area contributed by atoms with Crippen molar-refractivity contribution in [1.29, 1.82) is 0 Å². The quantitative estimate of drug-likeness (QED) is 0.673. The first-order chi connectivity index (χ1) is 9.06. The van der Waals surface area contributed by atoms with E-state index in [0.717, 1.165) is 5.56 Å². The van der Waals surface area contributed by atoms with Crippen LogP contribution < -0.4 is 10.4 Å². The van der Waals surface area contributed by atoms with Crippen LogP contribution in [0.2, 0.25) is 0 Å². The number of ether oxygens (including phenoxy) is 1. The van der Waals surface area contributed by atoms with Gasteiger partial charge in [0.2, 0.25) is 0 Å². The largest absolute Gasteiger partial charge is 0.493 e. The van der Waals surface area contributed by atoms with Crippen molar-refractivity contribution in [2.75, 3.05) is 7.11 Å². The first-order valence-electron chi connectivity index (χ1n) is 5.55. The molecule has 19 heavy (non-hydrogen) atoms. The Kier molecular flexibility index (Phi) is 3.37. The number of allylic oxidation sites excluding steroid dienone is 1. The van der Waals surface area contributed by atoms with Crippen molar-refractivity contribution in [1.82, 2.24) is 0 Å². The number of fused-ring (bicyclic) bond motifs is 1. The molecule has 0 aliphatic carbocycles. The van der Waals surface area contributed by atoms with Crippen LogP contribution in [0, 0.1) is 0 Å². The average Bonchev–Trinajstić information content (AvgIpc) is 2.37. The predicted octanol–water partition coefficient (Wildman–Crippen LogP) is 2.23. The van der Waals surface area contributed by atoms with Gasteiger partial charge in [-0.25, -0.2) is 9.59 Å². The molecule has 1 aromatic heterocycles. The van der Waals surface area contributed by atoms with Crippen LogP contribution in [0.25, 0.3) is 11.0 Å². The number of methoxy groups -OCH3 is 1. The first kappa shape index (κ1) is 12.9. The van der Waals surface area contributed by atoms with Crippen molar-refractivity contribution < 1.29 is 19.1 Å². The van der Waals surface area contributed by atoms with E-state index in [4.69, 9.17) is 14.3 Å². The van der Waals surface area contributed by atoms with Gasteiger partial charge in [-0.15, -0.1) is 6.58 Å². The van der Waals surface area contributed by atoms with Crippen molar-refractivity contribution in [2.24, 2.45) is 0 Å². The highest BCUT2D eigenvalue weighted by atomic mass is 16.5. The second kappa shape index (κ2) is 4.97. The Balaban J connectivity index is 2.79. The van der Waals surface area contributed by atoms with E-state index in [9.17, 15) is 9.59 Å². The van der Waals surface area contributed by atoms with Gasteiger partial charge in [-0.1, -0.05) is 6.08 Å². The van der Waals surface area contributed by atoms with Gasteiger partial charge in [-0.05, 0) is 30.2 Å². The van der Waals surface area contributed by atoms with E-state index in [2.05, 4.69) is 6.58 Å². The zero-order chi connectivity index (χ0) is 14.0. The van der Waals surface area contributed by atoms with E-state index in [1.54, 1.807) is 18.2 Å². The molecule has 0 radical (unpaired) electrons. The Morgan fingerprint density at radius 2 is 2.21 bits per heavy atom. The number of carboxylic acids is 1. The lowest BCUT2D eigenvalue weighted by Crippen LogP contribution is -2.13. The third kappa shape index (κ3) is 2.35. The van der Waals surface area contributed by atoms with Crippen LogP contribution in [0.3, 0.4) is 0 Å². The first-order valence-corrected chi connectivity index (χ1v) is 5.55. The van der Waals surface area contributed by atoms with E-state index in [-0.39, 0.29) is 5.58 Å². The van der Waals surface area contributed by atoms with E-state index < -0.39 is 17.2 Å². The molecule has 98 valence electrons. The molecule has 0 unspecified atom stereocenters. The molecule has 0 aliphatic heterocycles. The molecular weight excluding hydrogens is 248 g/mol. The second-order valence-corrected chi connectivity index (χ2v) is 3.96. The number of benzene rings is 1. The molecular formula is C14H12O5. The molecule has 1 heterocycles. The summed E-state index contributed by atoms with van der Waals surface area (Å²) in [6.45, 7) is 3.64. The van der Waals surface area contributed by atoms with Crippen molar-refractivity contribution >= 4 is 16.9 Å². The highest BCUT2D eigenvalue weighted by Gasteiger charge is 2.15. The lowest BCUT2D eigenvalue weighted by Gasteiger charge is -2.07. The molecule has 0 fully saturated rings. The normalized spacial score (nSPS) is 10.4. The molecule has 0 spiro atoms. The van der Waals surface area contributed by atoms with E-state index in [0.29, 0.717) is 17.6 Å². The molecule has 2 rings (SSSR count). The molecule has 5 nitrogen and oxygen atoms in total. The minimum absolute atomic E-state index is 0.241. The highest BCUT2D eigenvalue weighted by molar-refractivity contribution is 5.93. The molecule has 5 heteroatoms. The van der Waals surface area contributed by atoms with Gasteiger partial charge in [0.25, 0.3) is 0 Å². The second-order valence-electron chi connectivity index (χ2n) is 3.96. The average molecular weight is 260 g/mol. The van der Waals surface area contributed by atoms with Crippen LogP contribution in [0.1, 0.15) is 15.9 Å². The fourth-order valence-electron chi connectivity index (χ4n) is 1.85. The Morgan fingerprint density at radius 1 is 1.47 bits per heavy atom. The third-order valence-electron chi connectivity index (χ3n) is 2.69. The van der Waals surface area contributed by atoms with Crippen LogP contribution >= 0.6 is 0 Å². The Bertz CT molecular complexity index is 712. The summed E-state index contributed by atoms with van der Waals surface area (Å²) >= 11 is 0. The molecule has 0 bridgehead atoms. The van der Waals surface area contributed by atoms with Gasteiger partial charge < -0.3 is 14.3 Å². The van der Waals surface area contributed by atoms with Crippen LogP contribution in [0.15, 0.2) is 40.1 Å². The van der Waals surface area contributed by atoms with Crippen molar-refractivity contribution in [2.45, 2.75) is 6.42 Å². The number of aromatic carboxylic acids is 1. The van der Waals surface area contributed by atoms with E-state index in [1.807, 2.05) is 0 Å². The van der Waals surface area contributed by atoms with Gasteiger partial charge in [0.05, 0.1) is 7.11 Å². The zero-order valence-corrected chi connectivity index (χ0v) is 10.3. The molecule has 0 atom stereocenters. The summed E-state index contributed by atoms with van der Waals surface area (Å²) in [6, 6.07) is 4.76.